The summed E-state index contributed by atoms with van der Waals surface area (Å²) in [7, 11) is 0. The van der Waals surface area contributed by atoms with Crippen molar-refractivity contribution in [3.8, 4) is 0 Å². The summed E-state index contributed by atoms with van der Waals surface area (Å²) in [6, 6.07) is 0. The van der Waals surface area contributed by atoms with Gasteiger partial charge < -0.3 is 5.73 Å². The molecule has 1 unspecified atom stereocenters. The van der Waals surface area contributed by atoms with Crippen molar-refractivity contribution < 1.29 is 9.59 Å². The van der Waals surface area contributed by atoms with E-state index in [1.807, 2.05) is 0 Å². The van der Waals surface area contributed by atoms with Crippen molar-refractivity contribution in [2.24, 2.45) is 5.73 Å². The second-order valence-corrected chi connectivity index (χ2v) is 1.81. The molecule has 0 aromatic carbocycles. The van der Waals surface area contributed by atoms with Crippen LogP contribution in [0.1, 0.15) is 6.92 Å². The summed E-state index contributed by atoms with van der Waals surface area (Å²) in [6.07, 6.45) is 0. The topological polar surface area (TPSA) is 60.2 Å². The molecule has 0 aromatic heterocycles. The Morgan fingerprint density at radius 3 is 2.00 bits per heavy atom. The molecule has 0 aliphatic carbocycles. The van der Waals surface area contributed by atoms with Crippen LogP contribution < -0.4 is 5.73 Å². The van der Waals surface area contributed by atoms with Crippen molar-refractivity contribution in [2.45, 2.75) is 12.3 Å². The van der Waals surface area contributed by atoms with Crippen LogP contribution in [0.4, 0.5) is 0 Å². The predicted molar refractivity (Wildman–Crippen MR) is 29.5 cm³/mol. The lowest BCUT2D eigenvalue weighted by Crippen LogP contribution is -2.29. The molecule has 0 heterocycles. The van der Waals surface area contributed by atoms with E-state index >= 15 is 0 Å². The number of Topliss-reactive ketones (excluding diaryl/α,β-unsaturated/α-hetero) is 1. The first-order valence-corrected chi connectivity index (χ1v) is 2.43. The number of carbonyl (C=O) groups is 2. The Morgan fingerprint density at radius 1 is 1.62 bits per heavy atom. The third-order valence-electron chi connectivity index (χ3n) is 0.607. The Bertz CT molecular complexity index is 109. The van der Waals surface area contributed by atoms with Crippen LogP contribution in [0.15, 0.2) is 0 Å². The maximum absolute atomic E-state index is 10.2. The van der Waals surface area contributed by atoms with Crippen molar-refractivity contribution in [1.82, 2.24) is 0 Å². The van der Waals surface area contributed by atoms with E-state index in [-0.39, 0.29) is 0 Å². The van der Waals surface area contributed by atoms with Crippen LogP contribution in [-0.4, -0.2) is 17.1 Å². The van der Waals surface area contributed by atoms with E-state index in [1.165, 1.54) is 6.92 Å². The molecule has 3 nitrogen and oxygen atoms in total. The zero-order valence-electron chi connectivity index (χ0n) is 4.35. The number of nitrogens with two attached hydrogens (primary N) is 1. The smallest absolute Gasteiger partial charge is 0.243 e. The summed E-state index contributed by atoms with van der Waals surface area (Å²) in [5, 5.41) is -1.16. The molecule has 8 heavy (non-hydrogen) atoms. The van der Waals surface area contributed by atoms with Gasteiger partial charge in [0.05, 0.1) is 0 Å². The largest absolute Gasteiger partial charge is 0.368 e. The van der Waals surface area contributed by atoms with Gasteiger partial charge in [-0.15, -0.1) is 11.6 Å². The lowest BCUT2D eigenvalue weighted by Gasteiger charge is -1.95. The lowest BCUT2D eigenvalue weighted by atomic mass is 10.3. The fourth-order valence-electron chi connectivity index (χ4n) is 0.200. The van der Waals surface area contributed by atoms with Crippen LogP contribution in [-0.2, 0) is 9.59 Å². The number of primary amides is 1. The molecule has 0 saturated heterocycles. The molecule has 0 rings (SSSR count). The lowest BCUT2D eigenvalue weighted by molar-refractivity contribution is -0.124. The number of amides is 1. The molecule has 0 aliphatic heterocycles. The first kappa shape index (κ1) is 7.43. The van der Waals surface area contributed by atoms with E-state index in [9.17, 15) is 9.59 Å². The Balaban J connectivity index is 3.83. The summed E-state index contributed by atoms with van der Waals surface area (Å²) in [5.74, 6) is -1.21. The second-order valence-electron chi connectivity index (χ2n) is 1.38. The predicted octanol–water partition coefficient (Wildman–Crippen LogP) is -0.332. The van der Waals surface area contributed by atoms with E-state index in [0.29, 0.717) is 0 Å². The van der Waals surface area contributed by atoms with Crippen molar-refractivity contribution in [3.05, 3.63) is 0 Å². The molecule has 1 atom stereocenters. The standard InChI is InChI=1S/C4H6ClNO2/c1-2(7)3(5)4(6)8/h3H,1H3,(H2,6,8). The summed E-state index contributed by atoms with van der Waals surface area (Å²) in [4.78, 5) is 20.2. The van der Waals surface area contributed by atoms with Crippen molar-refractivity contribution >= 4 is 23.3 Å². The first-order chi connectivity index (χ1) is 3.55. The van der Waals surface area contributed by atoms with Crippen LogP contribution in [0.3, 0.4) is 0 Å². The number of hydrogen-bond donors (Lipinski definition) is 1. The van der Waals surface area contributed by atoms with E-state index in [0.717, 1.165) is 0 Å². The zero-order valence-corrected chi connectivity index (χ0v) is 5.11. The molecule has 0 saturated carbocycles. The van der Waals surface area contributed by atoms with Gasteiger partial charge >= 0.3 is 0 Å². The van der Waals surface area contributed by atoms with Gasteiger partial charge in [0.25, 0.3) is 0 Å². The quantitative estimate of drug-likeness (QED) is 0.416. The van der Waals surface area contributed by atoms with Gasteiger partial charge in [-0.1, -0.05) is 0 Å². The summed E-state index contributed by atoms with van der Waals surface area (Å²) < 4.78 is 0. The third kappa shape index (κ3) is 1.93. The Labute approximate surface area is 51.8 Å². The minimum atomic E-state index is -1.16. The number of rotatable bonds is 2. The highest BCUT2D eigenvalue weighted by Gasteiger charge is 2.15. The molecule has 4 heteroatoms. The fourth-order valence-corrected chi connectivity index (χ4v) is 0.200. The average molecular weight is 136 g/mol. The number of hydrogen-bond acceptors (Lipinski definition) is 2. The monoisotopic (exact) mass is 135 g/mol. The molecule has 1 amide bonds. The highest BCUT2D eigenvalue weighted by atomic mass is 35.5. The van der Waals surface area contributed by atoms with Crippen LogP contribution in [0.25, 0.3) is 0 Å². The van der Waals surface area contributed by atoms with Gasteiger partial charge in [-0.25, -0.2) is 0 Å². The number of halogens is 1. The van der Waals surface area contributed by atoms with E-state index in [1.54, 1.807) is 0 Å². The van der Waals surface area contributed by atoms with Gasteiger partial charge in [-0.05, 0) is 6.92 Å². The summed E-state index contributed by atoms with van der Waals surface area (Å²) in [6.45, 7) is 1.21. The molecule has 0 aliphatic rings. The van der Waals surface area contributed by atoms with Crippen LogP contribution >= 0.6 is 11.6 Å². The SMILES string of the molecule is CC(=O)C(Cl)C(N)=O. The molecule has 2 N–H and O–H groups in total. The van der Waals surface area contributed by atoms with Crippen LogP contribution in [0.2, 0.25) is 0 Å². The third-order valence-corrected chi connectivity index (χ3v) is 1.13. The molecule has 0 radical (unpaired) electrons. The summed E-state index contributed by atoms with van der Waals surface area (Å²) >= 11 is 5.13. The van der Waals surface area contributed by atoms with Crippen molar-refractivity contribution in [2.75, 3.05) is 0 Å². The number of carbonyl (C=O) groups excluding carboxylic acids is 2. The maximum Gasteiger partial charge on any atom is 0.243 e. The zero-order chi connectivity index (χ0) is 6.73. The maximum atomic E-state index is 10.2. The van der Waals surface area contributed by atoms with Gasteiger partial charge in [0.2, 0.25) is 5.91 Å². The fraction of sp³-hybridized carbons (Fsp3) is 0.500. The van der Waals surface area contributed by atoms with Gasteiger partial charge in [-0.2, -0.15) is 0 Å². The van der Waals surface area contributed by atoms with E-state index < -0.39 is 17.1 Å². The molecular weight excluding hydrogens is 130 g/mol. The van der Waals surface area contributed by atoms with Crippen LogP contribution in [0.5, 0.6) is 0 Å². The Morgan fingerprint density at radius 2 is 2.00 bits per heavy atom. The Kier molecular flexibility index (Phi) is 2.48. The van der Waals surface area contributed by atoms with Gasteiger partial charge in [-0.3, -0.25) is 9.59 Å². The number of ketones is 1. The second kappa shape index (κ2) is 2.67. The normalized spacial score (nSPS) is 12.8. The van der Waals surface area contributed by atoms with Crippen LogP contribution in [0, 0.1) is 0 Å². The van der Waals surface area contributed by atoms with Crippen molar-refractivity contribution in [3.63, 3.8) is 0 Å². The van der Waals surface area contributed by atoms with Gasteiger partial charge in [0.1, 0.15) is 0 Å². The highest BCUT2D eigenvalue weighted by Crippen LogP contribution is 1.93. The number of alkyl halides is 1. The molecule has 0 fully saturated rings. The molecule has 46 valence electrons. The molecule has 0 aromatic rings. The van der Waals surface area contributed by atoms with E-state index in [4.69, 9.17) is 11.6 Å². The average Bonchev–Trinajstić information content (AvgIpc) is 1.64. The molecule has 0 spiro atoms. The minimum absolute atomic E-state index is 0.417. The highest BCUT2D eigenvalue weighted by molar-refractivity contribution is 6.41. The van der Waals surface area contributed by atoms with Gasteiger partial charge in [0.15, 0.2) is 11.2 Å². The Hall–Kier alpha value is -0.570. The molecular formula is C4H6ClNO2. The van der Waals surface area contributed by atoms with E-state index in [2.05, 4.69) is 5.73 Å². The summed E-state index contributed by atoms with van der Waals surface area (Å²) in [5.41, 5.74) is 4.65. The first-order valence-electron chi connectivity index (χ1n) is 1.99. The van der Waals surface area contributed by atoms with Gasteiger partial charge in [0, 0.05) is 0 Å². The minimum Gasteiger partial charge on any atom is -0.368 e. The molecule has 0 bridgehead atoms. The van der Waals surface area contributed by atoms with Crippen molar-refractivity contribution in [1.29, 1.82) is 0 Å².